The molecule has 1 N–H and O–H groups in total. The predicted octanol–water partition coefficient (Wildman–Crippen LogP) is 4.30. The third-order valence-corrected chi connectivity index (χ3v) is 4.54. The zero-order chi connectivity index (χ0) is 17.3. The lowest BCUT2D eigenvalue weighted by molar-refractivity contribution is -0.113. The van der Waals surface area contributed by atoms with E-state index in [4.69, 9.17) is 16.3 Å². The molecule has 0 aliphatic carbocycles. The molecular weight excluding hydrogens is 350 g/mol. The molecule has 0 unspecified atom stereocenters. The number of phenols is 1. The molecule has 2 aromatic rings. The van der Waals surface area contributed by atoms with Gasteiger partial charge < -0.3 is 9.84 Å². The normalized spacial score (nSPS) is 16.1. The summed E-state index contributed by atoms with van der Waals surface area (Å²) in [6, 6.07) is 11.3. The van der Waals surface area contributed by atoms with Gasteiger partial charge in [-0.1, -0.05) is 23.7 Å². The van der Waals surface area contributed by atoms with Crippen molar-refractivity contribution in [3.63, 3.8) is 0 Å². The highest BCUT2D eigenvalue weighted by Crippen LogP contribution is 2.38. The molecule has 122 valence electrons. The summed E-state index contributed by atoms with van der Waals surface area (Å²) in [5.74, 6) is -0.242. The van der Waals surface area contributed by atoms with Crippen LogP contribution >= 0.6 is 23.4 Å². The van der Waals surface area contributed by atoms with Gasteiger partial charge in [0.2, 0.25) is 0 Å². The molecule has 0 atom stereocenters. The molecule has 7 heteroatoms. The second kappa shape index (κ2) is 6.59. The van der Waals surface area contributed by atoms with Crippen molar-refractivity contribution in [2.24, 2.45) is 0 Å². The third-order valence-electron chi connectivity index (χ3n) is 3.42. The Morgan fingerprint density at radius 2 is 1.88 bits per heavy atom. The van der Waals surface area contributed by atoms with Crippen LogP contribution in [-0.2, 0) is 4.79 Å². The van der Waals surface area contributed by atoms with E-state index < -0.39 is 11.1 Å². The molecule has 0 spiro atoms. The Hall–Kier alpha value is -2.44. The summed E-state index contributed by atoms with van der Waals surface area (Å²) in [5.41, 5.74) is 0.844. The number of ether oxygens (including phenoxy) is 1. The number of phenolic OH excluding ortho intramolecular Hbond substituents is 1. The number of methoxy groups -OCH3 is 1. The topological polar surface area (TPSA) is 66.8 Å². The van der Waals surface area contributed by atoms with Crippen LogP contribution < -0.4 is 9.64 Å². The Morgan fingerprint density at radius 3 is 2.54 bits per heavy atom. The van der Waals surface area contributed by atoms with Gasteiger partial charge in [0.15, 0.2) is 11.5 Å². The van der Waals surface area contributed by atoms with E-state index in [-0.39, 0.29) is 10.7 Å². The number of carbonyl (C=O) groups excluding carboxylic acids is 2. The maximum Gasteiger partial charge on any atom is 0.298 e. The van der Waals surface area contributed by atoms with Crippen LogP contribution in [0.5, 0.6) is 11.5 Å². The van der Waals surface area contributed by atoms with E-state index in [1.165, 1.54) is 13.2 Å². The molecule has 0 aromatic heterocycles. The summed E-state index contributed by atoms with van der Waals surface area (Å²) >= 11 is 6.64. The molecule has 0 radical (unpaired) electrons. The highest BCUT2D eigenvalue weighted by molar-refractivity contribution is 8.19. The van der Waals surface area contributed by atoms with E-state index in [0.717, 1.165) is 16.7 Å². The number of para-hydroxylation sites is 1. The number of aromatic hydroxyl groups is 1. The van der Waals surface area contributed by atoms with Crippen molar-refractivity contribution in [1.29, 1.82) is 0 Å². The predicted molar refractivity (Wildman–Crippen MR) is 94.6 cm³/mol. The van der Waals surface area contributed by atoms with Crippen LogP contribution in [0.25, 0.3) is 6.08 Å². The molecule has 0 saturated carbocycles. The van der Waals surface area contributed by atoms with Crippen LogP contribution in [0.4, 0.5) is 10.5 Å². The largest absolute Gasteiger partial charge is 0.504 e. The van der Waals surface area contributed by atoms with E-state index in [1.54, 1.807) is 42.5 Å². The van der Waals surface area contributed by atoms with Crippen LogP contribution in [-0.4, -0.2) is 23.4 Å². The summed E-state index contributed by atoms with van der Waals surface area (Å²) in [6.07, 6.45) is 1.47. The molecule has 1 saturated heterocycles. The Morgan fingerprint density at radius 1 is 1.17 bits per heavy atom. The molecule has 1 aliphatic rings. The van der Waals surface area contributed by atoms with Gasteiger partial charge in [-0.15, -0.1) is 0 Å². The number of rotatable bonds is 3. The molecular formula is C17H12ClNO4S. The summed E-state index contributed by atoms with van der Waals surface area (Å²) in [7, 11) is 1.44. The summed E-state index contributed by atoms with van der Waals surface area (Å²) in [5, 5.41) is 10.2. The highest BCUT2D eigenvalue weighted by Gasteiger charge is 2.36. The van der Waals surface area contributed by atoms with Crippen molar-refractivity contribution in [3.05, 3.63) is 58.0 Å². The lowest BCUT2D eigenvalue weighted by atomic mass is 10.1. The fraction of sp³-hybridized carbons (Fsp3) is 0.0588. The minimum atomic E-state index is -0.449. The first-order valence-electron chi connectivity index (χ1n) is 6.91. The molecule has 24 heavy (non-hydrogen) atoms. The van der Waals surface area contributed by atoms with Gasteiger partial charge in [-0.3, -0.25) is 9.59 Å². The fourth-order valence-electron chi connectivity index (χ4n) is 2.24. The Bertz CT molecular complexity index is 848. The van der Waals surface area contributed by atoms with Gasteiger partial charge in [0.1, 0.15) is 0 Å². The number of nitrogens with zero attached hydrogens (tertiary/aromatic N) is 1. The number of amides is 2. The van der Waals surface area contributed by atoms with E-state index in [0.29, 0.717) is 22.0 Å². The minimum Gasteiger partial charge on any atom is -0.504 e. The summed E-state index contributed by atoms with van der Waals surface area (Å²) in [6.45, 7) is 0. The quantitative estimate of drug-likeness (QED) is 0.826. The highest BCUT2D eigenvalue weighted by atomic mass is 35.5. The van der Waals surface area contributed by atoms with Crippen molar-refractivity contribution in [2.75, 3.05) is 12.0 Å². The van der Waals surface area contributed by atoms with Gasteiger partial charge in [0.05, 0.1) is 17.7 Å². The standard InChI is InChI=1S/C17H12ClNO4S/c1-23-13-4-2-3-10(15(13)20)9-14-16(21)19(17(22)24-14)12-7-5-11(18)6-8-12/h2-9,20H,1H3. The van der Waals surface area contributed by atoms with Gasteiger partial charge in [-0.05, 0) is 48.2 Å². The third kappa shape index (κ3) is 2.98. The Balaban J connectivity index is 1.95. The SMILES string of the molecule is COc1cccc(C=C2SC(=O)N(c3ccc(Cl)cc3)C2=O)c1O. The molecule has 1 aliphatic heterocycles. The van der Waals surface area contributed by atoms with E-state index in [2.05, 4.69) is 0 Å². The second-order valence-electron chi connectivity index (χ2n) is 4.89. The average molecular weight is 362 g/mol. The van der Waals surface area contributed by atoms with Gasteiger partial charge in [0.25, 0.3) is 11.1 Å². The zero-order valence-corrected chi connectivity index (χ0v) is 14.1. The molecule has 3 rings (SSSR count). The molecule has 0 bridgehead atoms. The Labute approximate surface area is 147 Å². The van der Waals surface area contributed by atoms with E-state index >= 15 is 0 Å². The minimum absolute atomic E-state index is 0.0849. The maximum atomic E-state index is 12.5. The van der Waals surface area contributed by atoms with Crippen LogP contribution in [0.15, 0.2) is 47.4 Å². The number of hydrogen-bond donors (Lipinski definition) is 1. The first-order chi connectivity index (χ1) is 11.5. The number of carbonyl (C=O) groups is 2. The molecule has 1 fully saturated rings. The number of anilines is 1. The van der Waals surface area contributed by atoms with Crippen LogP contribution in [0, 0.1) is 0 Å². The molecule has 2 amide bonds. The molecule has 5 nitrogen and oxygen atoms in total. The second-order valence-corrected chi connectivity index (χ2v) is 6.32. The number of benzene rings is 2. The average Bonchev–Trinajstić information content (AvgIpc) is 2.84. The number of hydrogen-bond acceptors (Lipinski definition) is 5. The monoisotopic (exact) mass is 361 g/mol. The van der Waals surface area contributed by atoms with E-state index in [9.17, 15) is 14.7 Å². The molecule has 2 aromatic carbocycles. The van der Waals surface area contributed by atoms with Crippen molar-refractivity contribution in [3.8, 4) is 11.5 Å². The van der Waals surface area contributed by atoms with E-state index in [1.807, 2.05) is 0 Å². The van der Waals surface area contributed by atoms with Crippen molar-refractivity contribution in [2.45, 2.75) is 0 Å². The van der Waals surface area contributed by atoms with Gasteiger partial charge in [-0.25, -0.2) is 4.90 Å². The molecule has 1 heterocycles. The van der Waals surface area contributed by atoms with Gasteiger partial charge in [-0.2, -0.15) is 0 Å². The summed E-state index contributed by atoms with van der Waals surface area (Å²) < 4.78 is 5.04. The van der Waals surface area contributed by atoms with Gasteiger partial charge in [0, 0.05) is 10.6 Å². The van der Waals surface area contributed by atoms with Crippen LogP contribution in [0.3, 0.4) is 0 Å². The summed E-state index contributed by atoms with van der Waals surface area (Å²) in [4.78, 5) is 26.0. The maximum absolute atomic E-state index is 12.5. The van der Waals surface area contributed by atoms with Crippen molar-refractivity contribution in [1.82, 2.24) is 0 Å². The van der Waals surface area contributed by atoms with Gasteiger partial charge >= 0.3 is 0 Å². The van der Waals surface area contributed by atoms with Crippen LogP contribution in [0.1, 0.15) is 5.56 Å². The number of thioether (sulfide) groups is 1. The van der Waals surface area contributed by atoms with Crippen molar-refractivity contribution >= 4 is 46.3 Å². The van der Waals surface area contributed by atoms with Crippen LogP contribution in [0.2, 0.25) is 5.02 Å². The number of imide groups is 1. The smallest absolute Gasteiger partial charge is 0.298 e. The lowest BCUT2D eigenvalue weighted by Crippen LogP contribution is -2.27. The first kappa shape index (κ1) is 16.4. The first-order valence-corrected chi connectivity index (χ1v) is 8.10. The van der Waals surface area contributed by atoms with Crippen molar-refractivity contribution < 1.29 is 19.4 Å². The Kier molecular flexibility index (Phi) is 4.51. The fourth-order valence-corrected chi connectivity index (χ4v) is 3.20. The zero-order valence-electron chi connectivity index (χ0n) is 12.5. The number of halogens is 1. The lowest BCUT2D eigenvalue weighted by Gasteiger charge is -2.12.